The van der Waals surface area contributed by atoms with Crippen molar-refractivity contribution in [2.75, 3.05) is 6.54 Å². The largest absolute Gasteiger partial charge is 0.461 e. The van der Waals surface area contributed by atoms with Gasteiger partial charge in [-0.25, -0.2) is 0 Å². The number of hydrogen-bond acceptors (Lipinski definition) is 3. The number of nitrogens with one attached hydrogen (secondary N) is 1. The fourth-order valence-electron chi connectivity index (χ4n) is 2.21. The summed E-state index contributed by atoms with van der Waals surface area (Å²) in [6, 6.07) is 9.63. The van der Waals surface area contributed by atoms with Gasteiger partial charge in [0.1, 0.15) is 6.61 Å². The number of rotatable bonds is 4. The number of amides is 1. The lowest BCUT2D eigenvalue weighted by molar-refractivity contribution is -0.146. The zero-order valence-electron chi connectivity index (χ0n) is 10.9. The van der Waals surface area contributed by atoms with Gasteiger partial charge in [0.25, 0.3) is 0 Å². The highest BCUT2D eigenvalue weighted by Crippen LogP contribution is 2.16. The monoisotopic (exact) mass is 261 g/mol. The molecule has 4 heteroatoms. The van der Waals surface area contributed by atoms with E-state index in [1.54, 1.807) is 0 Å². The van der Waals surface area contributed by atoms with E-state index in [2.05, 4.69) is 5.32 Å². The van der Waals surface area contributed by atoms with E-state index in [1.807, 2.05) is 30.3 Å². The van der Waals surface area contributed by atoms with Crippen molar-refractivity contribution in [3.05, 3.63) is 35.9 Å². The van der Waals surface area contributed by atoms with Crippen molar-refractivity contribution < 1.29 is 14.3 Å². The van der Waals surface area contributed by atoms with Gasteiger partial charge in [-0.15, -0.1) is 0 Å². The molecule has 102 valence electrons. The summed E-state index contributed by atoms with van der Waals surface area (Å²) in [6.07, 6.45) is 2.70. The van der Waals surface area contributed by atoms with Gasteiger partial charge in [-0.3, -0.25) is 9.59 Å². The van der Waals surface area contributed by atoms with Crippen LogP contribution in [0.25, 0.3) is 0 Å². The Bertz CT molecular complexity index is 430. The van der Waals surface area contributed by atoms with Crippen molar-refractivity contribution in [1.82, 2.24) is 5.32 Å². The molecule has 19 heavy (non-hydrogen) atoms. The maximum Gasteiger partial charge on any atom is 0.306 e. The Labute approximate surface area is 113 Å². The predicted molar refractivity (Wildman–Crippen MR) is 71.2 cm³/mol. The van der Waals surface area contributed by atoms with Crippen LogP contribution in [0.15, 0.2) is 30.3 Å². The van der Waals surface area contributed by atoms with Crippen molar-refractivity contribution in [1.29, 1.82) is 0 Å². The van der Waals surface area contributed by atoms with Crippen LogP contribution in [0, 0.1) is 5.92 Å². The third-order valence-corrected chi connectivity index (χ3v) is 3.30. The van der Waals surface area contributed by atoms with E-state index in [4.69, 9.17) is 4.74 Å². The first-order chi connectivity index (χ1) is 9.24. The van der Waals surface area contributed by atoms with Crippen LogP contribution in [0.4, 0.5) is 0 Å². The Kier molecular flexibility index (Phi) is 4.95. The van der Waals surface area contributed by atoms with Crippen molar-refractivity contribution in [2.45, 2.75) is 32.3 Å². The van der Waals surface area contributed by atoms with Crippen LogP contribution in [0.5, 0.6) is 0 Å². The van der Waals surface area contributed by atoms with Crippen molar-refractivity contribution in [3.8, 4) is 0 Å². The summed E-state index contributed by atoms with van der Waals surface area (Å²) in [6.45, 7) is 0.901. The lowest BCUT2D eigenvalue weighted by atomic mass is 10.00. The van der Waals surface area contributed by atoms with E-state index in [1.165, 1.54) is 0 Å². The molecule has 0 aliphatic carbocycles. The summed E-state index contributed by atoms with van der Waals surface area (Å²) in [5, 5.41) is 2.83. The summed E-state index contributed by atoms with van der Waals surface area (Å²) in [5.41, 5.74) is 0.991. The van der Waals surface area contributed by atoms with Crippen LogP contribution in [0.1, 0.15) is 31.2 Å². The second-order valence-corrected chi connectivity index (χ2v) is 4.91. The van der Waals surface area contributed by atoms with Gasteiger partial charge in [0.05, 0.1) is 6.42 Å². The molecule has 0 radical (unpaired) electrons. The molecular formula is C15H19NO3. The normalized spacial score (nSPS) is 19.4. The fourth-order valence-corrected chi connectivity index (χ4v) is 2.21. The van der Waals surface area contributed by atoms with Crippen LogP contribution in [-0.2, 0) is 20.9 Å². The van der Waals surface area contributed by atoms with Crippen molar-refractivity contribution >= 4 is 11.9 Å². The van der Waals surface area contributed by atoms with E-state index in [9.17, 15) is 9.59 Å². The van der Waals surface area contributed by atoms with Gasteiger partial charge in [-0.1, -0.05) is 30.3 Å². The van der Waals surface area contributed by atoms with Crippen LogP contribution in [0.2, 0.25) is 0 Å². The maximum absolute atomic E-state index is 11.7. The fraction of sp³-hybridized carbons (Fsp3) is 0.467. The minimum Gasteiger partial charge on any atom is -0.461 e. The summed E-state index contributed by atoms with van der Waals surface area (Å²) in [7, 11) is 0. The average molecular weight is 261 g/mol. The SMILES string of the molecule is O=C1CCCC(CC(=O)OCc2ccccc2)CN1. The number of benzene rings is 1. The molecule has 2 rings (SSSR count). The average Bonchev–Trinajstić information content (AvgIpc) is 2.63. The molecule has 0 spiro atoms. The van der Waals surface area contributed by atoms with Gasteiger partial charge >= 0.3 is 5.97 Å². The molecule has 1 aromatic carbocycles. The molecule has 1 N–H and O–H groups in total. The number of carbonyl (C=O) groups is 2. The molecule has 1 aromatic rings. The molecule has 0 saturated carbocycles. The number of esters is 1. The van der Waals surface area contributed by atoms with Crippen LogP contribution in [-0.4, -0.2) is 18.4 Å². The number of hydrogen-bond donors (Lipinski definition) is 1. The number of carbonyl (C=O) groups excluding carboxylic acids is 2. The maximum atomic E-state index is 11.7. The molecule has 1 heterocycles. The van der Waals surface area contributed by atoms with Crippen LogP contribution < -0.4 is 5.32 Å². The first-order valence-electron chi connectivity index (χ1n) is 6.70. The van der Waals surface area contributed by atoms with Gasteiger partial charge in [0, 0.05) is 13.0 Å². The highest BCUT2D eigenvalue weighted by Gasteiger charge is 2.19. The highest BCUT2D eigenvalue weighted by atomic mass is 16.5. The standard InChI is InChI=1S/C15H19NO3/c17-14-8-4-7-13(10-16-14)9-15(18)19-11-12-5-2-1-3-6-12/h1-3,5-6,13H,4,7-11H2,(H,16,17). The first kappa shape index (κ1) is 13.6. The van der Waals surface area contributed by atoms with E-state index in [0.717, 1.165) is 18.4 Å². The molecule has 0 aromatic heterocycles. The van der Waals surface area contributed by atoms with E-state index in [-0.39, 0.29) is 17.8 Å². The topological polar surface area (TPSA) is 55.4 Å². The molecule has 1 amide bonds. The van der Waals surface area contributed by atoms with Gasteiger partial charge in [-0.2, -0.15) is 0 Å². The van der Waals surface area contributed by atoms with Crippen molar-refractivity contribution in [2.24, 2.45) is 5.92 Å². The third-order valence-electron chi connectivity index (χ3n) is 3.30. The second-order valence-electron chi connectivity index (χ2n) is 4.91. The van der Waals surface area contributed by atoms with E-state index < -0.39 is 0 Å². The molecule has 4 nitrogen and oxygen atoms in total. The Morgan fingerprint density at radius 3 is 2.89 bits per heavy atom. The predicted octanol–water partition coefficient (Wildman–Crippen LogP) is 2.04. The summed E-state index contributed by atoms with van der Waals surface area (Å²) >= 11 is 0. The lowest BCUT2D eigenvalue weighted by Crippen LogP contribution is -2.27. The van der Waals surface area contributed by atoms with E-state index >= 15 is 0 Å². The van der Waals surface area contributed by atoms with E-state index in [0.29, 0.717) is 26.0 Å². The summed E-state index contributed by atoms with van der Waals surface area (Å²) < 4.78 is 5.25. The number of ether oxygens (including phenoxy) is 1. The molecule has 1 atom stereocenters. The molecule has 1 aliphatic rings. The lowest BCUT2D eigenvalue weighted by Gasteiger charge is -2.13. The Morgan fingerprint density at radius 1 is 1.32 bits per heavy atom. The molecule has 1 saturated heterocycles. The van der Waals surface area contributed by atoms with Gasteiger partial charge < -0.3 is 10.1 Å². The minimum absolute atomic E-state index is 0.0835. The highest BCUT2D eigenvalue weighted by molar-refractivity contribution is 5.76. The summed E-state index contributed by atoms with van der Waals surface area (Å²) in [5.74, 6) is 0.0971. The Balaban J connectivity index is 1.73. The molecule has 1 unspecified atom stereocenters. The zero-order valence-corrected chi connectivity index (χ0v) is 10.9. The zero-order chi connectivity index (χ0) is 13.5. The third kappa shape index (κ3) is 4.73. The van der Waals surface area contributed by atoms with Crippen molar-refractivity contribution in [3.63, 3.8) is 0 Å². The Hall–Kier alpha value is -1.84. The van der Waals surface area contributed by atoms with Gasteiger partial charge in [0.15, 0.2) is 0 Å². The van der Waals surface area contributed by atoms with Gasteiger partial charge in [0.2, 0.25) is 5.91 Å². The quantitative estimate of drug-likeness (QED) is 0.844. The molecule has 0 bridgehead atoms. The molecular weight excluding hydrogens is 242 g/mol. The summed E-state index contributed by atoms with van der Waals surface area (Å²) in [4.78, 5) is 22.9. The molecule has 1 fully saturated rings. The first-order valence-corrected chi connectivity index (χ1v) is 6.70. The molecule has 1 aliphatic heterocycles. The van der Waals surface area contributed by atoms with Crippen LogP contribution in [0.3, 0.4) is 0 Å². The minimum atomic E-state index is -0.190. The second kappa shape index (κ2) is 6.92. The Morgan fingerprint density at radius 2 is 2.11 bits per heavy atom. The van der Waals surface area contributed by atoms with Crippen LogP contribution >= 0.6 is 0 Å². The smallest absolute Gasteiger partial charge is 0.306 e. The van der Waals surface area contributed by atoms with Gasteiger partial charge in [-0.05, 0) is 24.3 Å².